The molecule has 0 unspecified atom stereocenters. The molecule has 3 aromatic rings. The molecular weight excluding hydrogens is 446 g/mol. The van der Waals surface area contributed by atoms with Gasteiger partial charge in [0.1, 0.15) is 4.88 Å². The number of hydrogen-bond acceptors (Lipinski definition) is 8. The number of hydrogen-bond donors (Lipinski definition) is 1. The zero-order valence-corrected chi connectivity index (χ0v) is 18.0. The van der Waals surface area contributed by atoms with Crippen molar-refractivity contribution in [1.29, 1.82) is 0 Å². The molecule has 1 N–H and O–H groups in total. The smallest absolute Gasteiger partial charge is 0.350 e. The fourth-order valence-electron chi connectivity index (χ4n) is 2.71. The Morgan fingerprint density at radius 3 is 2.35 bits per heavy atom. The second-order valence-electron chi connectivity index (χ2n) is 6.11. The van der Waals surface area contributed by atoms with Gasteiger partial charge in [-0.2, -0.15) is 0 Å². The lowest BCUT2D eigenvalue weighted by Gasteiger charge is -2.11. The van der Waals surface area contributed by atoms with Crippen LogP contribution in [-0.2, 0) is 19.0 Å². The summed E-state index contributed by atoms with van der Waals surface area (Å²) < 4.78 is 15.2. The van der Waals surface area contributed by atoms with Crippen molar-refractivity contribution in [1.82, 2.24) is 0 Å². The Bertz CT molecular complexity index is 1190. The van der Waals surface area contributed by atoms with Gasteiger partial charge >= 0.3 is 17.9 Å². The summed E-state index contributed by atoms with van der Waals surface area (Å²) in [5.74, 6) is -2.85. The van der Waals surface area contributed by atoms with Crippen molar-refractivity contribution in [3.63, 3.8) is 0 Å². The molecule has 3 rings (SSSR count). The Hall–Kier alpha value is -3.43. The van der Waals surface area contributed by atoms with Crippen LogP contribution in [0.4, 0.5) is 5.69 Å². The minimum atomic E-state index is -0.752. The number of halogens is 1. The van der Waals surface area contributed by atoms with Crippen LogP contribution < -0.4 is 5.32 Å². The number of thiophene rings is 1. The number of anilines is 1. The number of esters is 3. The molecule has 2 aromatic carbocycles. The second kappa shape index (κ2) is 9.59. The number of fused-ring (bicyclic) bond motifs is 1. The number of ether oxygens (including phenoxy) is 3. The average molecular weight is 462 g/mol. The molecule has 0 saturated heterocycles. The third kappa shape index (κ3) is 4.84. The number of benzene rings is 2. The fourth-order valence-corrected chi connectivity index (χ4v) is 4.11. The number of nitrogens with one attached hydrogen (secondary N) is 1. The zero-order chi connectivity index (χ0) is 22.5. The van der Waals surface area contributed by atoms with Crippen molar-refractivity contribution in [2.75, 3.05) is 26.1 Å². The minimum absolute atomic E-state index is 0.00990. The van der Waals surface area contributed by atoms with E-state index in [1.165, 1.54) is 32.4 Å². The highest BCUT2D eigenvalue weighted by Gasteiger charge is 2.21. The Kier molecular flexibility index (Phi) is 6.88. The van der Waals surface area contributed by atoms with Crippen LogP contribution in [-0.4, -0.2) is 44.6 Å². The van der Waals surface area contributed by atoms with Gasteiger partial charge in [0.2, 0.25) is 0 Å². The van der Waals surface area contributed by atoms with Crippen molar-refractivity contribution in [2.45, 2.75) is 0 Å². The van der Waals surface area contributed by atoms with E-state index in [4.69, 9.17) is 16.3 Å². The molecule has 1 amide bonds. The molecule has 1 heterocycles. The predicted molar refractivity (Wildman–Crippen MR) is 115 cm³/mol. The van der Waals surface area contributed by atoms with Crippen LogP contribution in [0.3, 0.4) is 0 Å². The largest absolute Gasteiger partial charge is 0.465 e. The fraction of sp³-hybridized carbons (Fsp3) is 0.143. The van der Waals surface area contributed by atoms with E-state index in [1.807, 2.05) is 12.1 Å². The average Bonchev–Trinajstić information content (AvgIpc) is 3.13. The van der Waals surface area contributed by atoms with E-state index < -0.39 is 30.4 Å². The van der Waals surface area contributed by atoms with Gasteiger partial charge in [0.25, 0.3) is 5.91 Å². The van der Waals surface area contributed by atoms with Gasteiger partial charge in [-0.15, -0.1) is 11.3 Å². The highest BCUT2D eigenvalue weighted by atomic mass is 35.5. The molecule has 0 aliphatic rings. The van der Waals surface area contributed by atoms with Gasteiger partial charge in [-0.3, -0.25) is 4.79 Å². The van der Waals surface area contributed by atoms with E-state index in [0.29, 0.717) is 5.39 Å². The quantitative estimate of drug-likeness (QED) is 0.437. The first-order chi connectivity index (χ1) is 14.8. The Balaban J connectivity index is 1.73. The van der Waals surface area contributed by atoms with Crippen LogP contribution >= 0.6 is 22.9 Å². The van der Waals surface area contributed by atoms with Gasteiger partial charge < -0.3 is 19.5 Å². The lowest BCUT2D eigenvalue weighted by Crippen LogP contribution is -2.22. The van der Waals surface area contributed by atoms with Crippen molar-refractivity contribution in [3.8, 4) is 0 Å². The molecule has 31 heavy (non-hydrogen) atoms. The summed E-state index contributed by atoms with van der Waals surface area (Å²) in [5.41, 5.74) is 0.137. The summed E-state index contributed by atoms with van der Waals surface area (Å²) >= 11 is 7.40. The molecular formula is C21H16ClNO7S. The van der Waals surface area contributed by atoms with Crippen molar-refractivity contribution < 1.29 is 33.4 Å². The van der Waals surface area contributed by atoms with Gasteiger partial charge in [-0.1, -0.05) is 29.8 Å². The topological polar surface area (TPSA) is 108 Å². The van der Waals surface area contributed by atoms with Gasteiger partial charge in [-0.25, -0.2) is 14.4 Å². The van der Waals surface area contributed by atoms with Crippen LogP contribution in [0.2, 0.25) is 5.02 Å². The highest BCUT2D eigenvalue weighted by molar-refractivity contribution is 7.21. The van der Waals surface area contributed by atoms with E-state index >= 15 is 0 Å². The van der Waals surface area contributed by atoms with Crippen LogP contribution in [0.1, 0.15) is 30.4 Å². The molecule has 1 aromatic heterocycles. The Labute approximate surface area is 185 Å². The first-order valence-electron chi connectivity index (χ1n) is 8.80. The summed E-state index contributed by atoms with van der Waals surface area (Å²) in [6.07, 6.45) is 0. The Morgan fingerprint density at radius 1 is 0.968 bits per heavy atom. The molecule has 0 radical (unpaired) electrons. The SMILES string of the molecule is COC(=O)c1ccc(C(=O)OC)c(NC(=O)COC(=O)c2sc3ccccc3c2Cl)c1. The number of carbonyl (C=O) groups is 4. The van der Waals surface area contributed by atoms with E-state index in [0.717, 1.165) is 16.0 Å². The molecule has 0 aliphatic carbocycles. The van der Waals surface area contributed by atoms with Crippen LogP contribution in [0.5, 0.6) is 0 Å². The van der Waals surface area contributed by atoms with Crippen LogP contribution in [0.25, 0.3) is 10.1 Å². The van der Waals surface area contributed by atoms with Crippen LogP contribution in [0.15, 0.2) is 42.5 Å². The zero-order valence-electron chi connectivity index (χ0n) is 16.4. The van der Waals surface area contributed by atoms with Crippen molar-refractivity contribution in [2.24, 2.45) is 0 Å². The first kappa shape index (κ1) is 22.3. The maximum Gasteiger partial charge on any atom is 0.350 e. The van der Waals surface area contributed by atoms with Crippen molar-refractivity contribution >= 4 is 62.5 Å². The highest BCUT2D eigenvalue weighted by Crippen LogP contribution is 2.35. The van der Waals surface area contributed by atoms with Gasteiger partial charge in [0.15, 0.2) is 6.61 Å². The standard InChI is InChI=1S/C21H16ClNO7S/c1-28-19(25)11-7-8-12(20(26)29-2)14(9-11)23-16(24)10-30-21(27)18-17(22)13-5-3-4-6-15(13)31-18/h3-9H,10H2,1-2H3,(H,23,24). The molecule has 0 saturated carbocycles. The number of methoxy groups -OCH3 is 2. The molecule has 8 nitrogen and oxygen atoms in total. The molecule has 0 aliphatic heterocycles. The normalized spacial score (nSPS) is 10.4. The molecule has 0 fully saturated rings. The van der Waals surface area contributed by atoms with E-state index in [9.17, 15) is 19.2 Å². The van der Waals surface area contributed by atoms with E-state index in [2.05, 4.69) is 14.8 Å². The lowest BCUT2D eigenvalue weighted by molar-refractivity contribution is -0.119. The first-order valence-corrected chi connectivity index (χ1v) is 9.99. The van der Waals surface area contributed by atoms with Gasteiger partial charge in [0, 0.05) is 10.1 Å². The summed E-state index contributed by atoms with van der Waals surface area (Å²) in [7, 11) is 2.38. The summed E-state index contributed by atoms with van der Waals surface area (Å²) in [6, 6.07) is 11.1. The number of rotatable bonds is 6. The van der Waals surface area contributed by atoms with Gasteiger partial charge in [0.05, 0.1) is 36.1 Å². The second-order valence-corrected chi connectivity index (χ2v) is 7.54. The molecule has 0 spiro atoms. The van der Waals surface area contributed by atoms with Crippen molar-refractivity contribution in [3.05, 3.63) is 63.5 Å². The van der Waals surface area contributed by atoms with Crippen LogP contribution in [0, 0.1) is 0 Å². The third-order valence-corrected chi connectivity index (χ3v) is 5.83. The van der Waals surface area contributed by atoms with Gasteiger partial charge in [-0.05, 0) is 24.3 Å². The number of amides is 1. The van der Waals surface area contributed by atoms with E-state index in [1.54, 1.807) is 12.1 Å². The predicted octanol–water partition coefficient (Wildman–Crippen LogP) is 3.92. The molecule has 0 bridgehead atoms. The van der Waals surface area contributed by atoms with E-state index in [-0.39, 0.29) is 26.7 Å². The Morgan fingerprint density at radius 2 is 1.68 bits per heavy atom. The molecule has 0 atom stereocenters. The minimum Gasteiger partial charge on any atom is -0.465 e. The lowest BCUT2D eigenvalue weighted by atomic mass is 10.1. The summed E-state index contributed by atoms with van der Waals surface area (Å²) in [4.78, 5) is 48.6. The molecule has 10 heteroatoms. The maximum atomic E-state index is 12.4. The summed E-state index contributed by atoms with van der Waals surface area (Å²) in [6.45, 7) is -0.632. The number of carbonyl (C=O) groups excluding carboxylic acids is 4. The third-order valence-electron chi connectivity index (χ3n) is 4.17. The maximum absolute atomic E-state index is 12.4. The monoisotopic (exact) mass is 461 g/mol. The summed E-state index contributed by atoms with van der Waals surface area (Å²) in [5, 5.41) is 3.41. The molecule has 160 valence electrons.